The maximum absolute atomic E-state index is 6.42. The van der Waals surface area contributed by atoms with Crippen LogP contribution in [-0.2, 0) is 12.8 Å². The van der Waals surface area contributed by atoms with Gasteiger partial charge in [-0.1, -0.05) is 52.3 Å². The maximum Gasteiger partial charge on any atom is 0.0175 e. The molecule has 2 aromatic rings. The zero-order valence-corrected chi connectivity index (χ0v) is 13.9. The highest BCUT2D eigenvalue weighted by molar-refractivity contribution is 9.10. The van der Waals surface area contributed by atoms with E-state index in [1.54, 1.807) is 0 Å². The van der Waals surface area contributed by atoms with E-state index in [1.807, 2.05) is 0 Å². The quantitative estimate of drug-likeness (QED) is 0.845. The van der Waals surface area contributed by atoms with E-state index >= 15 is 0 Å². The standard InChI is InChI=1S/C19H22BrN/c20-17-10-8-14(9-11-17)12-18(21)13-16-6-3-5-15-4-1-2-7-19(15)16/h1-2,4,7-11,16,18H,3,5-6,12-13,21H2. The number of benzene rings is 2. The molecule has 0 radical (unpaired) electrons. The van der Waals surface area contributed by atoms with Crippen molar-refractivity contribution in [3.63, 3.8) is 0 Å². The van der Waals surface area contributed by atoms with Gasteiger partial charge in [-0.3, -0.25) is 0 Å². The Morgan fingerprint density at radius 1 is 1.10 bits per heavy atom. The zero-order valence-electron chi connectivity index (χ0n) is 12.3. The van der Waals surface area contributed by atoms with Crippen molar-refractivity contribution in [3.8, 4) is 0 Å². The van der Waals surface area contributed by atoms with Crippen LogP contribution in [0.3, 0.4) is 0 Å². The first-order valence-corrected chi connectivity index (χ1v) is 8.59. The van der Waals surface area contributed by atoms with Gasteiger partial charge in [-0.2, -0.15) is 0 Å². The topological polar surface area (TPSA) is 26.0 Å². The van der Waals surface area contributed by atoms with Gasteiger partial charge in [-0.15, -0.1) is 0 Å². The Hall–Kier alpha value is -1.12. The molecule has 0 amide bonds. The van der Waals surface area contributed by atoms with Gasteiger partial charge in [0.15, 0.2) is 0 Å². The first-order valence-electron chi connectivity index (χ1n) is 7.80. The summed E-state index contributed by atoms with van der Waals surface area (Å²) in [5, 5.41) is 0. The molecule has 0 saturated heterocycles. The highest BCUT2D eigenvalue weighted by atomic mass is 79.9. The van der Waals surface area contributed by atoms with E-state index in [1.165, 1.54) is 36.0 Å². The summed E-state index contributed by atoms with van der Waals surface area (Å²) >= 11 is 3.48. The molecule has 0 bridgehead atoms. The molecule has 1 aliphatic rings. The Labute approximate surface area is 135 Å². The molecule has 21 heavy (non-hydrogen) atoms. The predicted octanol–water partition coefficient (Wildman–Crippen LogP) is 4.83. The minimum absolute atomic E-state index is 0.238. The molecule has 110 valence electrons. The first-order chi connectivity index (χ1) is 10.2. The predicted molar refractivity (Wildman–Crippen MR) is 92.6 cm³/mol. The van der Waals surface area contributed by atoms with Gasteiger partial charge < -0.3 is 5.73 Å². The van der Waals surface area contributed by atoms with Crippen LogP contribution in [0.25, 0.3) is 0 Å². The lowest BCUT2D eigenvalue weighted by Crippen LogP contribution is -2.26. The third-order valence-corrected chi connectivity index (χ3v) is 5.02. The number of nitrogens with two attached hydrogens (primary N) is 1. The number of aryl methyl sites for hydroxylation is 1. The molecule has 0 heterocycles. The summed E-state index contributed by atoms with van der Waals surface area (Å²) in [7, 11) is 0. The van der Waals surface area contributed by atoms with Crippen LogP contribution >= 0.6 is 15.9 Å². The second-order valence-corrected chi connectivity index (χ2v) is 7.03. The molecule has 0 spiro atoms. The van der Waals surface area contributed by atoms with Gasteiger partial charge in [0.05, 0.1) is 0 Å². The third kappa shape index (κ3) is 3.75. The van der Waals surface area contributed by atoms with Crippen LogP contribution in [0.1, 0.15) is 41.9 Å². The molecule has 2 atom stereocenters. The summed E-state index contributed by atoms with van der Waals surface area (Å²) in [4.78, 5) is 0. The van der Waals surface area contributed by atoms with Crippen LogP contribution < -0.4 is 5.73 Å². The van der Waals surface area contributed by atoms with Crippen molar-refractivity contribution in [2.24, 2.45) is 5.73 Å². The Balaban J connectivity index is 1.65. The molecule has 2 unspecified atom stereocenters. The second kappa shape index (κ2) is 6.76. The fourth-order valence-corrected chi connectivity index (χ4v) is 3.74. The highest BCUT2D eigenvalue weighted by Gasteiger charge is 2.21. The van der Waals surface area contributed by atoms with Crippen molar-refractivity contribution in [3.05, 3.63) is 69.7 Å². The number of hydrogen-bond donors (Lipinski definition) is 1. The minimum Gasteiger partial charge on any atom is -0.327 e. The molecular weight excluding hydrogens is 322 g/mol. The SMILES string of the molecule is NC(Cc1ccc(Br)cc1)CC1CCCc2ccccc21. The van der Waals surface area contributed by atoms with Gasteiger partial charge in [0.2, 0.25) is 0 Å². The van der Waals surface area contributed by atoms with Crippen molar-refractivity contribution >= 4 is 15.9 Å². The summed E-state index contributed by atoms with van der Waals surface area (Å²) in [6, 6.07) is 17.7. The molecule has 1 aliphatic carbocycles. The summed E-state index contributed by atoms with van der Waals surface area (Å²) < 4.78 is 1.13. The molecule has 0 aromatic heterocycles. The highest BCUT2D eigenvalue weighted by Crippen LogP contribution is 2.34. The molecule has 2 N–H and O–H groups in total. The summed E-state index contributed by atoms with van der Waals surface area (Å²) in [6.07, 6.45) is 5.87. The number of rotatable bonds is 4. The number of halogens is 1. The lowest BCUT2D eigenvalue weighted by atomic mass is 9.79. The van der Waals surface area contributed by atoms with Crippen LogP contribution in [0, 0.1) is 0 Å². The summed E-state index contributed by atoms with van der Waals surface area (Å²) in [5.74, 6) is 0.639. The Morgan fingerprint density at radius 2 is 1.86 bits per heavy atom. The van der Waals surface area contributed by atoms with E-state index in [-0.39, 0.29) is 6.04 Å². The van der Waals surface area contributed by atoms with Crippen molar-refractivity contribution in [1.29, 1.82) is 0 Å². The van der Waals surface area contributed by atoms with E-state index in [9.17, 15) is 0 Å². The normalized spacial score (nSPS) is 19.0. The van der Waals surface area contributed by atoms with Crippen molar-refractivity contribution in [2.75, 3.05) is 0 Å². The summed E-state index contributed by atoms with van der Waals surface area (Å²) in [5.41, 5.74) is 10.8. The fraction of sp³-hybridized carbons (Fsp3) is 0.368. The van der Waals surface area contributed by atoms with Crippen LogP contribution in [0.15, 0.2) is 53.0 Å². The number of fused-ring (bicyclic) bond motifs is 1. The smallest absolute Gasteiger partial charge is 0.0175 e. The maximum atomic E-state index is 6.42. The van der Waals surface area contributed by atoms with Gasteiger partial charge in [-0.05, 0) is 66.8 Å². The Morgan fingerprint density at radius 3 is 2.67 bits per heavy atom. The third-order valence-electron chi connectivity index (χ3n) is 4.49. The zero-order chi connectivity index (χ0) is 14.7. The largest absolute Gasteiger partial charge is 0.327 e. The number of hydrogen-bond acceptors (Lipinski definition) is 1. The minimum atomic E-state index is 0.238. The first kappa shape index (κ1) is 14.8. The fourth-order valence-electron chi connectivity index (χ4n) is 3.47. The average molecular weight is 344 g/mol. The average Bonchev–Trinajstić information content (AvgIpc) is 2.50. The van der Waals surface area contributed by atoms with Gasteiger partial charge in [0.1, 0.15) is 0 Å². The lowest BCUT2D eigenvalue weighted by Gasteiger charge is -2.27. The monoisotopic (exact) mass is 343 g/mol. The van der Waals surface area contributed by atoms with Crippen molar-refractivity contribution < 1.29 is 0 Å². The van der Waals surface area contributed by atoms with E-state index < -0.39 is 0 Å². The van der Waals surface area contributed by atoms with Gasteiger partial charge in [0.25, 0.3) is 0 Å². The molecule has 3 rings (SSSR count). The lowest BCUT2D eigenvalue weighted by molar-refractivity contribution is 0.466. The second-order valence-electron chi connectivity index (χ2n) is 6.11. The van der Waals surface area contributed by atoms with Crippen LogP contribution in [0.5, 0.6) is 0 Å². The molecule has 2 heteroatoms. The Kier molecular flexibility index (Phi) is 4.77. The van der Waals surface area contributed by atoms with Gasteiger partial charge in [0, 0.05) is 10.5 Å². The molecule has 1 nitrogen and oxygen atoms in total. The van der Waals surface area contributed by atoms with E-state index in [0.29, 0.717) is 5.92 Å². The van der Waals surface area contributed by atoms with Crippen LogP contribution in [-0.4, -0.2) is 6.04 Å². The van der Waals surface area contributed by atoms with Gasteiger partial charge in [-0.25, -0.2) is 0 Å². The van der Waals surface area contributed by atoms with Crippen molar-refractivity contribution in [1.82, 2.24) is 0 Å². The van der Waals surface area contributed by atoms with E-state index in [4.69, 9.17) is 5.73 Å². The van der Waals surface area contributed by atoms with Gasteiger partial charge >= 0.3 is 0 Å². The molecule has 2 aromatic carbocycles. The van der Waals surface area contributed by atoms with E-state index in [0.717, 1.165) is 17.3 Å². The Bertz CT molecular complexity index is 591. The van der Waals surface area contributed by atoms with Crippen LogP contribution in [0.4, 0.5) is 0 Å². The van der Waals surface area contributed by atoms with Crippen molar-refractivity contribution in [2.45, 2.75) is 44.1 Å². The molecule has 0 saturated carbocycles. The summed E-state index contributed by atoms with van der Waals surface area (Å²) in [6.45, 7) is 0. The van der Waals surface area contributed by atoms with Crippen LogP contribution in [0.2, 0.25) is 0 Å². The van der Waals surface area contributed by atoms with E-state index in [2.05, 4.69) is 64.5 Å². The molecule has 0 aliphatic heterocycles. The molecular formula is C19H22BrN. The molecule has 0 fully saturated rings.